The van der Waals surface area contributed by atoms with Gasteiger partial charge in [0.15, 0.2) is 0 Å². The van der Waals surface area contributed by atoms with Gasteiger partial charge in [-0.05, 0) is 79.6 Å². The number of amides is 2. The number of rotatable bonds is 15. The molecule has 47 heavy (non-hydrogen) atoms. The third-order valence-electron chi connectivity index (χ3n) is 7.92. The minimum Gasteiger partial charge on any atom is -0.444 e. The lowest BCUT2D eigenvalue weighted by Crippen LogP contribution is -2.46. The number of aryl methyl sites for hydroxylation is 2. The van der Waals surface area contributed by atoms with Crippen LogP contribution in [0.4, 0.5) is 8.78 Å². The molecule has 0 bridgehead atoms. The zero-order valence-electron chi connectivity index (χ0n) is 27.5. The van der Waals surface area contributed by atoms with Gasteiger partial charge < -0.3 is 25.1 Å². The fraction of sp³-hybridized carbons (Fsp3) is 0.378. The first-order valence-electron chi connectivity index (χ1n) is 16.1. The Kier molecular flexibility index (Phi) is 12.4. The lowest BCUT2D eigenvalue weighted by molar-refractivity contribution is 0.0554. The Morgan fingerprint density at radius 3 is 2.06 bits per heavy atom. The molecular formula is C37H44F2N4O4. The molecule has 3 aromatic carbocycles. The Bertz CT molecular complexity index is 1650. The van der Waals surface area contributed by atoms with Crippen molar-refractivity contribution < 1.29 is 27.9 Å². The van der Waals surface area contributed by atoms with Crippen LogP contribution in [0.3, 0.4) is 0 Å². The molecule has 0 saturated heterocycles. The van der Waals surface area contributed by atoms with Gasteiger partial charge in [0.05, 0.1) is 11.8 Å². The quantitative estimate of drug-likeness (QED) is 0.156. The molecule has 0 aliphatic heterocycles. The minimum absolute atomic E-state index is 0.00839. The van der Waals surface area contributed by atoms with Gasteiger partial charge in [0.1, 0.15) is 17.9 Å². The van der Waals surface area contributed by atoms with Crippen LogP contribution >= 0.6 is 0 Å². The largest absolute Gasteiger partial charge is 0.444 e. The average molecular weight is 647 g/mol. The molecule has 2 amide bonds. The molecular weight excluding hydrogens is 602 g/mol. The highest BCUT2D eigenvalue weighted by Gasteiger charge is 2.26. The molecule has 1 heterocycles. The summed E-state index contributed by atoms with van der Waals surface area (Å²) in [6, 6.07) is 14.9. The molecule has 3 N–H and O–H groups in total. The lowest BCUT2D eigenvalue weighted by atomic mass is 10.00. The number of oxazole rings is 1. The number of aromatic nitrogens is 1. The van der Waals surface area contributed by atoms with Crippen molar-refractivity contribution in [1.29, 1.82) is 0 Å². The van der Waals surface area contributed by atoms with Crippen LogP contribution in [0, 0.1) is 18.6 Å². The predicted octanol–water partition coefficient (Wildman–Crippen LogP) is 6.33. The van der Waals surface area contributed by atoms with Gasteiger partial charge in [0.25, 0.3) is 11.8 Å². The first-order chi connectivity index (χ1) is 22.5. The molecule has 8 nitrogen and oxygen atoms in total. The number of nitrogens with zero attached hydrogens (tertiary/aromatic N) is 3. The van der Waals surface area contributed by atoms with Crippen LogP contribution in [0.2, 0.25) is 0 Å². The van der Waals surface area contributed by atoms with Crippen molar-refractivity contribution >= 4 is 11.8 Å². The zero-order chi connectivity index (χ0) is 34.1. The van der Waals surface area contributed by atoms with Crippen molar-refractivity contribution in [3.8, 4) is 11.5 Å². The van der Waals surface area contributed by atoms with Crippen LogP contribution in [0.5, 0.6) is 0 Å². The summed E-state index contributed by atoms with van der Waals surface area (Å²) in [5.41, 5.74) is 10.2. The van der Waals surface area contributed by atoms with E-state index >= 15 is 0 Å². The van der Waals surface area contributed by atoms with E-state index in [2.05, 4.69) is 4.98 Å². The number of carbonyl (C=O) groups excluding carboxylic acids is 2. The minimum atomic E-state index is -1.23. The van der Waals surface area contributed by atoms with Gasteiger partial charge in [-0.3, -0.25) is 9.59 Å². The molecule has 4 aromatic rings. The predicted molar refractivity (Wildman–Crippen MR) is 178 cm³/mol. The molecule has 0 radical (unpaired) electrons. The van der Waals surface area contributed by atoms with Crippen LogP contribution in [-0.4, -0.2) is 63.5 Å². The maximum absolute atomic E-state index is 14.4. The summed E-state index contributed by atoms with van der Waals surface area (Å²) in [6.45, 7) is 8.94. The molecule has 250 valence electrons. The molecule has 0 aliphatic carbocycles. The monoisotopic (exact) mass is 646 g/mol. The van der Waals surface area contributed by atoms with Gasteiger partial charge in [0.2, 0.25) is 5.89 Å². The normalized spacial score (nSPS) is 12.5. The van der Waals surface area contributed by atoms with Gasteiger partial charge in [-0.2, -0.15) is 0 Å². The molecule has 1 aromatic heterocycles. The number of carbonyl (C=O) groups is 2. The average Bonchev–Trinajstić information content (AvgIpc) is 3.49. The van der Waals surface area contributed by atoms with Gasteiger partial charge in [-0.15, -0.1) is 0 Å². The van der Waals surface area contributed by atoms with Crippen LogP contribution < -0.4 is 5.73 Å². The van der Waals surface area contributed by atoms with E-state index < -0.39 is 29.7 Å². The fourth-order valence-electron chi connectivity index (χ4n) is 5.59. The van der Waals surface area contributed by atoms with Crippen molar-refractivity contribution in [1.82, 2.24) is 14.8 Å². The third-order valence-corrected chi connectivity index (χ3v) is 7.92. The highest BCUT2D eigenvalue weighted by molar-refractivity contribution is 6.01. The van der Waals surface area contributed by atoms with E-state index in [1.807, 2.05) is 45.0 Å². The van der Waals surface area contributed by atoms with Crippen molar-refractivity contribution in [2.24, 2.45) is 5.73 Å². The second-order valence-corrected chi connectivity index (χ2v) is 12.0. The number of aliphatic hydroxyl groups excluding tert-OH is 1. The summed E-state index contributed by atoms with van der Waals surface area (Å²) >= 11 is 0. The Morgan fingerprint density at radius 2 is 1.49 bits per heavy atom. The number of hydrogen-bond donors (Lipinski definition) is 2. The summed E-state index contributed by atoms with van der Waals surface area (Å²) < 4.78 is 33.3. The Morgan fingerprint density at radius 1 is 0.872 bits per heavy atom. The smallest absolute Gasteiger partial charge is 0.254 e. The Labute approximate surface area is 275 Å². The van der Waals surface area contributed by atoms with Crippen LogP contribution in [0.1, 0.15) is 76.7 Å². The van der Waals surface area contributed by atoms with E-state index in [-0.39, 0.29) is 36.9 Å². The summed E-state index contributed by atoms with van der Waals surface area (Å²) in [4.78, 5) is 35.8. The first kappa shape index (κ1) is 35.4. The Balaban J connectivity index is 1.72. The summed E-state index contributed by atoms with van der Waals surface area (Å²) in [7, 11) is 0. The van der Waals surface area contributed by atoms with E-state index in [0.29, 0.717) is 35.5 Å². The third kappa shape index (κ3) is 9.56. The van der Waals surface area contributed by atoms with Gasteiger partial charge in [-0.1, -0.05) is 45.0 Å². The zero-order valence-corrected chi connectivity index (χ0v) is 27.5. The van der Waals surface area contributed by atoms with E-state index in [1.54, 1.807) is 30.0 Å². The molecule has 0 unspecified atom stereocenters. The summed E-state index contributed by atoms with van der Waals surface area (Å²) in [5.74, 6) is -1.85. The molecule has 0 saturated carbocycles. The summed E-state index contributed by atoms with van der Waals surface area (Å²) in [6.07, 6.45) is 2.62. The molecule has 0 fully saturated rings. The standard InChI is InChI=1S/C37H44F2N4O4/c1-5-11-42(12-6-2)36(45)29-17-28(35-41-24(4)23-47-35)18-30(19-29)37(46)43(21-26-10-8-9-25(7-3)13-26)22-34(44)33(40)16-27-14-31(38)20-32(39)15-27/h8-10,13-15,17-20,23,33-34,44H,5-7,11-12,16,21-22,40H2,1-4H3/t33-,34+/m0/s1. The topological polar surface area (TPSA) is 113 Å². The number of hydrogen-bond acceptors (Lipinski definition) is 6. The van der Waals surface area contributed by atoms with E-state index in [4.69, 9.17) is 10.2 Å². The number of nitrogens with two attached hydrogens (primary N) is 1. The first-order valence-corrected chi connectivity index (χ1v) is 16.1. The Hall–Kier alpha value is -4.41. The van der Waals surface area contributed by atoms with Crippen molar-refractivity contribution in [3.05, 3.63) is 112 Å². The van der Waals surface area contributed by atoms with Crippen molar-refractivity contribution in [3.63, 3.8) is 0 Å². The molecule has 2 atom stereocenters. The summed E-state index contributed by atoms with van der Waals surface area (Å²) in [5, 5.41) is 11.2. The van der Waals surface area contributed by atoms with Crippen LogP contribution in [0.15, 0.2) is 71.3 Å². The lowest BCUT2D eigenvalue weighted by Gasteiger charge is -2.29. The fourth-order valence-corrected chi connectivity index (χ4v) is 5.59. The van der Waals surface area contributed by atoms with Gasteiger partial charge >= 0.3 is 0 Å². The van der Waals surface area contributed by atoms with Crippen molar-refractivity contribution in [2.45, 2.75) is 72.1 Å². The SMILES string of the molecule is CCCN(CCC)C(=O)c1cc(C(=O)N(Cc2cccc(CC)c2)C[C@@H](O)[C@@H](N)Cc2cc(F)cc(F)c2)cc(-c2nc(C)co2)c1. The van der Waals surface area contributed by atoms with Gasteiger partial charge in [-0.25, -0.2) is 13.8 Å². The second-order valence-electron chi connectivity index (χ2n) is 12.0. The number of benzene rings is 3. The number of halogens is 2. The second kappa shape index (κ2) is 16.4. The van der Waals surface area contributed by atoms with E-state index in [1.165, 1.54) is 23.3 Å². The number of aliphatic hydroxyl groups is 1. The highest BCUT2D eigenvalue weighted by atomic mass is 19.1. The van der Waals surface area contributed by atoms with E-state index in [0.717, 1.165) is 36.5 Å². The van der Waals surface area contributed by atoms with E-state index in [9.17, 15) is 23.5 Å². The molecule has 0 spiro atoms. The van der Waals surface area contributed by atoms with Crippen LogP contribution in [0.25, 0.3) is 11.5 Å². The van der Waals surface area contributed by atoms with Crippen molar-refractivity contribution in [2.75, 3.05) is 19.6 Å². The maximum atomic E-state index is 14.4. The molecule has 0 aliphatic rings. The van der Waals surface area contributed by atoms with Crippen LogP contribution in [-0.2, 0) is 19.4 Å². The van der Waals surface area contributed by atoms with Gasteiger partial charge in [0, 0.05) is 55.0 Å². The molecule has 4 rings (SSSR count). The highest BCUT2D eigenvalue weighted by Crippen LogP contribution is 2.25. The maximum Gasteiger partial charge on any atom is 0.254 e. The molecule has 10 heteroatoms.